The molecule has 3 N–H and O–H groups in total. The first kappa shape index (κ1) is 17.7. The van der Waals surface area contributed by atoms with E-state index in [0.29, 0.717) is 13.0 Å². The second-order valence-corrected chi connectivity index (χ2v) is 7.52. The number of hydrogen-bond donors (Lipinski definition) is 3. The fourth-order valence-electron chi connectivity index (χ4n) is 3.91. The molecule has 3 rings (SSSR count). The van der Waals surface area contributed by atoms with Crippen molar-refractivity contribution in [3.05, 3.63) is 29.3 Å². The molecule has 1 heterocycles. The van der Waals surface area contributed by atoms with Crippen LogP contribution in [0.2, 0.25) is 0 Å². The fraction of sp³-hybridized carbons (Fsp3) is 0.579. The number of urea groups is 1. The van der Waals surface area contributed by atoms with E-state index >= 15 is 0 Å². The first-order chi connectivity index (χ1) is 11.9. The van der Waals surface area contributed by atoms with Crippen molar-refractivity contribution in [2.45, 2.75) is 50.6 Å². The molecule has 3 amide bonds. The minimum Gasteiger partial charge on any atom is -0.336 e. The minimum atomic E-state index is -0.143. The molecule has 6 nitrogen and oxygen atoms in total. The minimum absolute atomic E-state index is 0.0241. The molecular formula is C19H28N4O2. The zero-order valence-corrected chi connectivity index (χ0v) is 15.3. The largest absolute Gasteiger partial charge is 0.336 e. The SMILES string of the molecule is CC(NC(=O)NCC1(N(C)C)CCCC1)c1ccc2c(c1)CC(=O)N2. The molecule has 1 aromatic rings. The van der Waals surface area contributed by atoms with Crippen LogP contribution in [0, 0.1) is 0 Å². The first-order valence-corrected chi connectivity index (χ1v) is 9.04. The van der Waals surface area contributed by atoms with Gasteiger partial charge in [0, 0.05) is 17.8 Å². The van der Waals surface area contributed by atoms with Gasteiger partial charge in [-0.15, -0.1) is 0 Å². The summed E-state index contributed by atoms with van der Waals surface area (Å²) < 4.78 is 0. The summed E-state index contributed by atoms with van der Waals surface area (Å²) in [5.74, 6) is 0.0241. The Morgan fingerprint density at radius 1 is 1.32 bits per heavy atom. The number of benzene rings is 1. The van der Waals surface area contributed by atoms with Gasteiger partial charge in [0.15, 0.2) is 0 Å². The number of amides is 3. The van der Waals surface area contributed by atoms with E-state index in [2.05, 4.69) is 34.9 Å². The number of nitrogens with zero attached hydrogens (tertiary/aromatic N) is 1. The zero-order chi connectivity index (χ0) is 18.0. The van der Waals surface area contributed by atoms with E-state index in [1.807, 2.05) is 25.1 Å². The molecule has 0 radical (unpaired) electrons. The summed E-state index contributed by atoms with van der Waals surface area (Å²) in [7, 11) is 4.18. The molecule has 0 spiro atoms. The molecular weight excluding hydrogens is 316 g/mol. The third-order valence-electron chi connectivity index (χ3n) is 5.66. The van der Waals surface area contributed by atoms with Crippen molar-refractivity contribution < 1.29 is 9.59 Å². The lowest BCUT2D eigenvalue weighted by molar-refractivity contribution is -0.115. The number of nitrogens with one attached hydrogen (secondary N) is 3. The first-order valence-electron chi connectivity index (χ1n) is 9.04. The third kappa shape index (κ3) is 3.79. The van der Waals surface area contributed by atoms with Crippen molar-refractivity contribution in [2.24, 2.45) is 0 Å². The van der Waals surface area contributed by atoms with E-state index in [9.17, 15) is 9.59 Å². The molecule has 0 aromatic heterocycles. The maximum absolute atomic E-state index is 12.3. The molecule has 2 aliphatic rings. The maximum atomic E-state index is 12.3. The number of anilines is 1. The quantitative estimate of drug-likeness (QED) is 0.768. The van der Waals surface area contributed by atoms with E-state index in [1.54, 1.807) is 0 Å². The number of carbonyl (C=O) groups is 2. The number of rotatable bonds is 5. The van der Waals surface area contributed by atoms with Gasteiger partial charge in [-0.1, -0.05) is 25.0 Å². The van der Waals surface area contributed by atoms with Crippen molar-refractivity contribution in [1.29, 1.82) is 0 Å². The van der Waals surface area contributed by atoms with E-state index in [4.69, 9.17) is 0 Å². The molecule has 1 aromatic carbocycles. The smallest absolute Gasteiger partial charge is 0.315 e. The Hall–Kier alpha value is -2.08. The standard InChI is InChI=1S/C19H28N4O2/c1-13(14-6-7-16-15(10-14)11-17(24)22-16)21-18(25)20-12-19(23(2)3)8-4-5-9-19/h6-7,10,13H,4-5,8-9,11-12H2,1-3H3,(H,22,24)(H2,20,21,25). The lowest BCUT2D eigenvalue weighted by Crippen LogP contribution is -2.52. The molecule has 1 aliphatic heterocycles. The third-order valence-corrected chi connectivity index (χ3v) is 5.66. The predicted molar refractivity (Wildman–Crippen MR) is 98.6 cm³/mol. The van der Waals surface area contributed by atoms with Crippen LogP contribution < -0.4 is 16.0 Å². The van der Waals surface area contributed by atoms with Gasteiger partial charge in [0.1, 0.15) is 0 Å². The van der Waals surface area contributed by atoms with Gasteiger partial charge in [-0.2, -0.15) is 0 Å². The van der Waals surface area contributed by atoms with Gasteiger partial charge in [0.25, 0.3) is 0 Å². The zero-order valence-electron chi connectivity index (χ0n) is 15.3. The summed E-state index contributed by atoms with van der Waals surface area (Å²) in [5, 5.41) is 8.88. The van der Waals surface area contributed by atoms with Crippen molar-refractivity contribution in [1.82, 2.24) is 15.5 Å². The van der Waals surface area contributed by atoms with Crippen LogP contribution in [0.5, 0.6) is 0 Å². The van der Waals surface area contributed by atoms with Gasteiger partial charge in [-0.25, -0.2) is 4.79 Å². The average Bonchev–Trinajstić information content (AvgIpc) is 3.18. The Kier molecular flexibility index (Phi) is 4.99. The topological polar surface area (TPSA) is 73.5 Å². The van der Waals surface area contributed by atoms with Crippen LogP contribution in [-0.2, 0) is 11.2 Å². The molecule has 0 bridgehead atoms. The van der Waals surface area contributed by atoms with E-state index in [-0.39, 0.29) is 23.5 Å². The number of likely N-dealkylation sites (N-methyl/N-ethyl adjacent to an activating group) is 1. The van der Waals surface area contributed by atoms with Crippen LogP contribution in [0.15, 0.2) is 18.2 Å². The highest BCUT2D eigenvalue weighted by Crippen LogP contribution is 2.33. The second kappa shape index (κ2) is 7.04. The van der Waals surface area contributed by atoms with Crippen LogP contribution in [0.1, 0.15) is 49.8 Å². The van der Waals surface area contributed by atoms with Crippen LogP contribution >= 0.6 is 0 Å². The van der Waals surface area contributed by atoms with Gasteiger partial charge in [-0.05, 0) is 51.1 Å². The van der Waals surface area contributed by atoms with Crippen molar-refractivity contribution in [2.75, 3.05) is 26.0 Å². The molecule has 6 heteroatoms. The van der Waals surface area contributed by atoms with Gasteiger partial charge in [0.05, 0.1) is 12.5 Å². The van der Waals surface area contributed by atoms with Crippen LogP contribution in [-0.4, -0.2) is 43.0 Å². The molecule has 1 saturated carbocycles. The monoisotopic (exact) mass is 344 g/mol. The highest BCUT2D eigenvalue weighted by molar-refractivity contribution is 5.99. The molecule has 25 heavy (non-hydrogen) atoms. The Morgan fingerprint density at radius 3 is 2.72 bits per heavy atom. The second-order valence-electron chi connectivity index (χ2n) is 7.52. The van der Waals surface area contributed by atoms with Crippen molar-refractivity contribution >= 4 is 17.6 Å². The van der Waals surface area contributed by atoms with Crippen molar-refractivity contribution in [3.8, 4) is 0 Å². The summed E-state index contributed by atoms with van der Waals surface area (Å²) in [5.41, 5.74) is 2.96. The highest BCUT2D eigenvalue weighted by atomic mass is 16.2. The maximum Gasteiger partial charge on any atom is 0.315 e. The Balaban J connectivity index is 1.56. The average molecular weight is 344 g/mol. The Labute approximate surface area is 149 Å². The number of fused-ring (bicyclic) bond motifs is 1. The van der Waals surface area contributed by atoms with Crippen LogP contribution in [0.4, 0.5) is 10.5 Å². The van der Waals surface area contributed by atoms with Crippen LogP contribution in [0.3, 0.4) is 0 Å². The predicted octanol–water partition coefficient (Wildman–Crippen LogP) is 2.42. The molecule has 0 saturated heterocycles. The highest BCUT2D eigenvalue weighted by Gasteiger charge is 2.36. The summed E-state index contributed by atoms with van der Waals surface area (Å²) >= 11 is 0. The Morgan fingerprint density at radius 2 is 2.04 bits per heavy atom. The van der Waals surface area contributed by atoms with Gasteiger partial charge >= 0.3 is 6.03 Å². The molecule has 1 unspecified atom stereocenters. The summed E-state index contributed by atoms with van der Waals surface area (Å²) in [6, 6.07) is 5.60. The van der Waals surface area contributed by atoms with Crippen molar-refractivity contribution in [3.63, 3.8) is 0 Å². The molecule has 136 valence electrons. The number of hydrogen-bond acceptors (Lipinski definition) is 3. The summed E-state index contributed by atoms with van der Waals surface area (Å²) in [4.78, 5) is 26.0. The van der Waals surface area contributed by atoms with E-state index in [1.165, 1.54) is 12.8 Å². The van der Waals surface area contributed by atoms with Crippen LogP contribution in [0.25, 0.3) is 0 Å². The number of carbonyl (C=O) groups excluding carboxylic acids is 2. The normalized spacial score (nSPS) is 19.4. The van der Waals surface area contributed by atoms with Gasteiger partial charge in [-0.3, -0.25) is 4.79 Å². The lowest BCUT2D eigenvalue weighted by atomic mass is 9.96. The van der Waals surface area contributed by atoms with Gasteiger partial charge < -0.3 is 20.9 Å². The summed E-state index contributed by atoms with van der Waals surface area (Å²) in [6.45, 7) is 2.63. The Bertz CT molecular complexity index is 665. The molecule has 1 atom stereocenters. The van der Waals surface area contributed by atoms with E-state index < -0.39 is 0 Å². The van der Waals surface area contributed by atoms with E-state index in [0.717, 1.165) is 29.7 Å². The van der Waals surface area contributed by atoms with Gasteiger partial charge in [0.2, 0.25) is 5.91 Å². The summed E-state index contributed by atoms with van der Waals surface area (Å²) in [6.07, 6.45) is 5.11. The fourth-order valence-corrected chi connectivity index (χ4v) is 3.91. The molecule has 1 fully saturated rings. The lowest BCUT2D eigenvalue weighted by Gasteiger charge is -2.36. The molecule has 1 aliphatic carbocycles.